The van der Waals surface area contributed by atoms with Crippen molar-refractivity contribution in [2.24, 2.45) is 5.41 Å². The maximum Gasteiger partial charge on any atom is 0.311 e. The number of hydrogen-bond donors (Lipinski definition) is 0. The minimum atomic E-state index is -0.572. The molecule has 0 saturated carbocycles. The Balaban J connectivity index is 0.00000132. The van der Waals surface area contributed by atoms with Crippen LogP contribution in [0.4, 0.5) is 0 Å². The van der Waals surface area contributed by atoms with E-state index in [1.807, 2.05) is 58.0 Å². The molecule has 0 bridgehead atoms. The summed E-state index contributed by atoms with van der Waals surface area (Å²) in [7, 11) is 1.43. The van der Waals surface area contributed by atoms with E-state index in [0.29, 0.717) is 12.0 Å². The Hall–Kier alpha value is -3.16. The van der Waals surface area contributed by atoms with E-state index in [1.165, 1.54) is 17.2 Å². The fourth-order valence-electron chi connectivity index (χ4n) is 3.85. The normalized spacial score (nSPS) is 11.0. The first-order valence-electron chi connectivity index (χ1n) is 10.5. The van der Waals surface area contributed by atoms with Crippen LogP contribution >= 0.6 is 11.3 Å². The maximum atomic E-state index is 12.1. The molecule has 0 aliphatic carbocycles. The fourth-order valence-corrected chi connectivity index (χ4v) is 5.17. The Bertz CT molecular complexity index is 1280. The van der Waals surface area contributed by atoms with Crippen LogP contribution in [0.5, 0.6) is 0 Å². The van der Waals surface area contributed by atoms with Crippen molar-refractivity contribution >= 4 is 38.2 Å². The van der Waals surface area contributed by atoms with Crippen LogP contribution in [0.15, 0.2) is 60.7 Å². The predicted octanol–water partition coefficient (Wildman–Crippen LogP) is 7.36. The van der Waals surface area contributed by atoms with Gasteiger partial charge in [0.05, 0.1) is 24.2 Å². The van der Waals surface area contributed by atoms with E-state index in [0.717, 1.165) is 26.8 Å². The summed E-state index contributed by atoms with van der Waals surface area (Å²) < 4.78 is 6.15. The van der Waals surface area contributed by atoms with Gasteiger partial charge in [0.25, 0.3) is 0 Å². The maximum absolute atomic E-state index is 12.1. The second kappa shape index (κ2) is 9.32. The predicted molar refractivity (Wildman–Crippen MR) is 130 cm³/mol. The van der Waals surface area contributed by atoms with Crippen molar-refractivity contribution in [1.29, 1.82) is 5.26 Å². The highest BCUT2D eigenvalue weighted by Crippen LogP contribution is 2.39. The van der Waals surface area contributed by atoms with Crippen LogP contribution in [0.25, 0.3) is 32.0 Å². The molecule has 0 unspecified atom stereocenters. The van der Waals surface area contributed by atoms with Crippen molar-refractivity contribution in [3.05, 3.63) is 71.1 Å². The number of benzene rings is 3. The van der Waals surface area contributed by atoms with Gasteiger partial charge in [-0.3, -0.25) is 4.79 Å². The summed E-state index contributed by atoms with van der Waals surface area (Å²) in [6.45, 7) is 7.83. The van der Waals surface area contributed by atoms with E-state index in [-0.39, 0.29) is 5.97 Å². The molecule has 0 radical (unpaired) electrons. The van der Waals surface area contributed by atoms with Gasteiger partial charge in [-0.25, -0.2) is 0 Å². The average Bonchev–Trinajstić information content (AvgIpc) is 3.20. The Morgan fingerprint density at radius 3 is 2.32 bits per heavy atom. The van der Waals surface area contributed by atoms with Gasteiger partial charge in [0, 0.05) is 20.3 Å². The zero-order valence-electron chi connectivity index (χ0n) is 18.7. The molecule has 31 heavy (non-hydrogen) atoms. The Kier molecular flexibility index (Phi) is 6.77. The summed E-state index contributed by atoms with van der Waals surface area (Å²) in [6.07, 6.45) is 0.632. The van der Waals surface area contributed by atoms with Gasteiger partial charge in [-0.2, -0.15) is 5.26 Å². The number of fused-ring (bicyclic) bond motifs is 2. The Morgan fingerprint density at radius 2 is 1.65 bits per heavy atom. The average molecular weight is 430 g/mol. The minimum Gasteiger partial charge on any atom is -0.469 e. The molecule has 3 aromatic carbocycles. The van der Waals surface area contributed by atoms with Crippen molar-refractivity contribution in [2.75, 3.05) is 7.11 Å². The molecule has 3 nitrogen and oxygen atoms in total. The van der Waals surface area contributed by atoms with Crippen LogP contribution < -0.4 is 0 Å². The van der Waals surface area contributed by atoms with Gasteiger partial charge in [0.2, 0.25) is 0 Å². The van der Waals surface area contributed by atoms with E-state index < -0.39 is 5.41 Å². The van der Waals surface area contributed by atoms with E-state index in [9.17, 15) is 10.1 Å². The van der Waals surface area contributed by atoms with Gasteiger partial charge < -0.3 is 4.74 Å². The third-order valence-electron chi connectivity index (χ3n) is 5.30. The molecule has 1 aromatic heterocycles. The first kappa shape index (κ1) is 22.5. The van der Waals surface area contributed by atoms with Crippen molar-refractivity contribution in [3.8, 4) is 17.2 Å². The van der Waals surface area contributed by atoms with E-state index in [4.69, 9.17) is 4.74 Å². The highest BCUT2D eigenvalue weighted by Gasteiger charge is 2.29. The third-order valence-corrected chi connectivity index (χ3v) is 6.40. The SMILES string of the molecule is CC.COC(=O)C(C)(C)Cc1cc2c(-c3ccc(C#N)c4ccccc34)cccc2s1. The summed E-state index contributed by atoms with van der Waals surface area (Å²) in [5, 5.41) is 12.7. The number of methoxy groups -OCH3 is 1. The highest BCUT2D eigenvalue weighted by atomic mass is 32.1. The Morgan fingerprint density at radius 1 is 0.968 bits per heavy atom. The van der Waals surface area contributed by atoms with Gasteiger partial charge in [-0.1, -0.05) is 56.3 Å². The first-order valence-corrected chi connectivity index (χ1v) is 11.3. The van der Waals surface area contributed by atoms with Crippen LogP contribution in [0.2, 0.25) is 0 Å². The molecule has 0 fully saturated rings. The first-order chi connectivity index (χ1) is 14.9. The summed E-state index contributed by atoms with van der Waals surface area (Å²) in [5.41, 5.74) is 2.36. The van der Waals surface area contributed by atoms with Gasteiger partial charge in [0.1, 0.15) is 0 Å². The van der Waals surface area contributed by atoms with Crippen LogP contribution in [0.3, 0.4) is 0 Å². The molecule has 0 atom stereocenters. The lowest BCUT2D eigenvalue weighted by atomic mass is 9.88. The number of hydrogen-bond acceptors (Lipinski definition) is 4. The summed E-state index contributed by atoms with van der Waals surface area (Å²) in [5.74, 6) is -0.201. The van der Waals surface area contributed by atoms with E-state index in [1.54, 1.807) is 11.3 Å². The van der Waals surface area contributed by atoms with Crippen LogP contribution in [0.1, 0.15) is 38.1 Å². The lowest BCUT2D eigenvalue weighted by Crippen LogP contribution is -2.27. The van der Waals surface area contributed by atoms with Gasteiger partial charge >= 0.3 is 5.97 Å². The number of nitrogens with zero attached hydrogens (tertiary/aromatic N) is 1. The van der Waals surface area contributed by atoms with Gasteiger partial charge in [0.15, 0.2) is 0 Å². The molecule has 4 aromatic rings. The van der Waals surface area contributed by atoms with Crippen molar-refractivity contribution < 1.29 is 9.53 Å². The number of ether oxygens (including phenoxy) is 1. The quantitative estimate of drug-likeness (QED) is 0.318. The van der Waals surface area contributed by atoms with E-state index in [2.05, 4.69) is 36.4 Å². The molecule has 0 aliphatic rings. The molecule has 0 spiro atoms. The number of esters is 1. The zero-order valence-corrected chi connectivity index (χ0v) is 19.5. The molecule has 0 saturated heterocycles. The monoisotopic (exact) mass is 429 g/mol. The number of carbonyl (C=O) groups excluding carboxylic acids is 1. The van der Waals surface area contributed by atoms with Gasteiger partial charge in [-0.15, -0.1) is 11.3 Å². The smallest absolute Gasteiger partial charge is 0.311 e. The molecule has 0 aliphatic heterocycles. The van der Waals surface area contributed by atoms with Crippen molar-refractivity contribution in [2.45, 2.75) is 34.1 Å². The van der Waals surface area contributed by atoms with Crippen LogP contribution in [0, 0.1) is 16.7 Å². The minimum absolute atomic E-state index is 0.201. The number of carbonyl (C=O) groups is 1. The topological polar surface area (TPSA) is 50.1 Å². The van der Waals surface area contributed by atoms with Crippen LogP contribution in [-0.2, 0) is 16.0 Å². The number of rotatable bonds is 4. The molecule has 158 valence electrons. The molecule has 4 rings (SSSR count). The number of nitriles is 1. The largest absolute Gasteiger partial charge is 0.469 e. The fraction of sp³-hybridized carbons (Fsp3) is 0.259. The Labute approximate surface area is 187 Å². The van der Waals surface area contributed by atoms with Gasteiger partial charge in [-0.05, 0) is 55.0 Å². The highest BCUT2D eigenvalue weighted by molar-refractivity contribution is 7.19. The third kappa shape index (κ3) is 4.33. The lowest BCUT2D eigenvalue weighted by molar-refractivity contribution is -0.150. The number of thiophene rings is 1. The molecule has 0 N–H and O–H groups in total. The lowest BCUT2D eigenvalue weighted by Gasteiger charge is -2.20. The standard InChI is InChI=1S/C25H21NO2S.C2H6/c1-25(2,24(27)28-3)14-17-13-22-20(9-6-10-23(22)29-17)21-12-11-16(15-26)18-7-4-5-8-19(18)21;1-2/h4-13H,14H2,1-3H3;1-2H3. The molecule has 0 amide bonds. The summed E-state index contributed by atoms with van der Waals surface area (Å²) in [6, 6.07) is 22.7. The second-order valence-corrected chi connectivity index (χ2v) is 8.97. The van der Waals surface area contributed by atoms with Crippen molar-refractivity contribution in [1.82, 2.24) is 0 Å². The zero-order chi connectivity index (χ0) is 22.6. The molecular formula is C27H27NO2S. The van der Waals surface area contributed by atoms with Crippen molar-refractivity contribution in [3.63, 3.8) is 0 Å². The summed E-state index contributed by atoms with van der Waals surface area (Å²) in [4.78, 5) is 13.3. The molecular weight excluding hydrogens is 402 g/mol. The molecule has 1 heterocycles. The van der Waals surface area contributed by atoms with Crippen LogP contribution in [-0.4, -0.2) is 13.1 Å². The molecule has 4 heteroatoms. The van der Waals surface area contributed by atoms with E-state index >= 15 is 0 Å². The second-order valence-electron chi connectivity index (χ2n) is 7.80. The summed E-state index contributed by atoms with van der Waals surface area (Å²) >= 11 is 1.71.